The number of aromatic nitrogens is 2. The van der Waals surface area contributed by atoms with Crippen LogP contribution < -0.4 is 4.90 Å². The highest BCUT2D eigenvalue weighted by molar-refractivity contribution is 7.98. The molecule has 1 aliphatic rings. The van der Waals surface area contributed by atoms with Crippen molar-refractivity contribution in [3.05, 3.63) is 11.3 Å². The van der Waals surface area contributed by atoms with E-state index in [4.69, 9.17) is 9.47 Å². The van der Waals surface area contributed by atoms with Crippen LogP contribution in [0, 0.1) is 0 Å². The third kappa shape index (κ3) is 6.16. The summed E-state index contributed by atoms with van der Waals surface area (Å²) in [5.41, 5.74) is -0.645. The number of anilines is 1. The molecule has 8 nitrogen and oxygen atoms in total. The van der Waals surface area contributed by atoms with E-state index in [1.807, 2.05) is 0 Å². The maximum Gasteiger partial charge on any atom is 0.427 e. The molecule has 1 aromatic rings. The summed E-state index contributed by atoms with van der Waals surface area (Å²) in [5.74, 6) is -0.166. The van der Waals surface area contributed by atoms with Gasteiger partial charge in [0.05, 0.1) is 11.3 Å². The molecule has 29 heavy (non-hydrogen) atoms. The van der Waals surface area contributed by atoms with Crippen molar-refractivity contribution in [3.63, 3.8) is 0 Å². The molecular formula is C20H29N3O5S. The second-order valence-electron chi connectivity index (χ2n) is 8.78. The molecule has 0 radical (unpaired) electrons. The standard InChI is InChI=1S/C20H29N3O5S/c1-19(2,3)27-17(25)23(18(26)28-20(4,5)6)16-21-12-10-8-9-11-13(24)14(12)15(22-16)29-7/h8-11H2,1-7H3. The number of ether oxygens (including phenoxy) is 2. The summed E-state index contributed by atoms with van der Waals surface area (Å²) >= 11 is 1.27. The van der Waals surface area contributed by atoms with Gasteiger partial charge in [0.1, 0.15) is 16.2 Å². The van der Waals surface area contributed by atoms with E-state index in [1.165, 1.54) is 11.8 Å². The molecule has 9 heteroatoms. The Bertz CT molecular complexity index is 784. The number of carbonyl (C=O) groups excluding carboxylic acids is 3. The largest absolute Gasteiger partial charge is 0.443 e. The zero-order valence-corrected chi connectivity index (χ0v) is 18.9. The average Bonchev–Trinajstić information content (AvgIpc) is 2.72. The molecule has 2 rings (SSSR count). The molecule has 0 atom stereocenters. The summed E-state index contributed by atoms with van der Waals surface area (Å²) in [6, 6.07) is 0. The van der Waals surface area contributed by atoms with Crippen molar-refractivity contribution < 1.29 is 23.9 Å². The lowest BCUT2D eigenvalue weighted by molar-refractivity contribution is 0.0426. The first-order valence-electron chi connectivity index (χ1n) is 9.56. The van der Waals surface area contributed by atoms with Crippen LogP contribution in [0.5, 0.6) is 0 Å². The summed E-state index contributed by atoms with van der Waals surface area (Å²) in [4.78, 5) is 47.7. The molecule has 1 heterocycles. The number of aryl methyl sites for hydroxylation is 1. The number of fused-ring (bicyclic) bond motifs is 1. The van der Waals surface area contributed by atoms with Crippen molar-refractivity contribution in [2.75, 3.05) is 11.2 Å². The van der Waals surface area contributed by atoms with Crippen molar-refractivity contribution in [2.45, 2.75) is 83.5 Å². The Kier molecular flexibility index (Phi) is 6.93. The van der Waals surface area contributed by atoms with Gasteiger partial charge in [-0.25, -0.2) is 19.6 Å². The van der Waals surface area contributed by atoms with Crippen LogP contribution in [0.4, 0.5) is 15.5 Å². The molecule has 0 saturated heterocycles. The van der Waals surface area contributed by atoms with E-state index in [2.05, 4.69) is 9.97 Å². The molecule has 0 aromatic carbocycles. The third-order valence-corrected chi connectivity index (χ3v) is 4.51. The average molecular weight is 424 g/mol. The molecule has 0 fully saturated rings. The van der Waals surface area contributed by atoms with Crippen molar-refractivity contribution >= 4 is 35.7 Å². The second-order valence-corrected chi connectivity index (χ2v) is 9.58. The van der Waals surface area contributed by atoms with Crippen molar-refractivity contribution in [2.24, 2.45) is 0 Å². The zero-order chi connectivity index (χ0) is 22.0. The Morgan fingerprint density at radius 1 is 0.931 bits per heavy atom. The molecule has 160 valence electrons. The number of imide groups is 1. The van der Waals surface area contributed by atoms with Crippen molar-refractivity contribution in [1.82, 2.24) is 9.97 Å². The van der Waals surface area contributed by atoms with Crippen LogP contribution in [0.1, 0.15) is 76.9 Å². The molecule has 0 unspecified atom stereocenters. The van der Waals surface area contributed by atoms with Crippen molar-refractivity contribution in [1.29, 1.82) is 0 Å². The second kappa shape index (κ2) is 8.69. The maximum atomic E-state index is 12.8. The molecule has 0 spiro atoms. The summed E-state index contributed by atoms with van der Waals surface area (Å²) in [5, 5.41) is 0.439. The highest BCUT2D eigenvalue weighted by atomic mass is 32.2. The van der Waals surface area contributed by atoms with Crippen LogP contribution in [0.2, 0.25) is 0 Å². The van der Waals surface area contributed by atoms with Gasteiger partial charge >= 0.3 is 12.2 Å². The maximum absolute atomic E-state index is 12.8. The number of ketones is 1. The van der Waals surface area contributed by atoms with Gasteiger partial charge in [-0.15, -0.1) is 16.7 Å². The topological polar surface area (TPSA) is 98.7 Å². The lowest BCUT2D eigenvalue weighted by Crippen LogP contribution is -2.44. The van der Waals surface area contributed by atoms with Crippen molar-refractivity contribution in [3.8, 4) is 0 Å². The van der Waals surface area contributed by atoms with Crippen LogP contribution in [0.15, 0.2) is 5.03 Å². The highest BCUT2D eigenvalue weighted by Gasteiger charge is 2.36. The Labute approximate surface area is 175 Å². The summed E-state index contributed by atoms with van der Waals surface area (Å²) in [6.07, 6.45) is 2.49. The molecular weight excluding hydrogens is 394 g/mol. The SMILES string of the molecule is CSc1nc(N(C(=O)OC(C)(C)C)C(=O)OC(C)(C)C)nc2c1C(=O)CCCC2. The van der Waals surface area contributed by atoms with Gasteiger partial charge < -0.3 is 9.47 Å². The number of amides is 2. The first kappa shape index (κ1) is 23.1. The van der Waals surface area contributed by atoms with Crippen LogP contribution >= 0.6 is 11.8 Å². The quantitative estimate of drug-likeness (QED) is 0.380. The van der Waals surface area contributed by atoms with Gasteiger partial charge in [-0.05, 0) is 67.1 Å². The Morgan fingerprint density at radius 2 is 1.45 bits per heavy atom. The molecule has 0 saturated carbocycles. The van der Waals surface area contributed by atoms with E-state index >= 15 is 0 Å². The van der Waals surface area contributed by atoms with Gasteiger partial charge in [-0.1, -0.05) is 0 Å². The summed E-state index contributed by atoms with van der Waals surface area (Å²) in [7, 11) is 0. The predicted octanol–water partition coefficient (Wildman–Crippen LogP) is 4.78. The first-order valence-corrected chi connectivity index (χ1v) is 10.8. The number of thioether (sulfide) groups is 1. The summed E-state index contributed by atoms with van der Waals surface area (Å²) in [6.45, 7) is 10.2. The summed E-state index contributed by atoms with van der Waals surface area (Å²) < 4.78 is 10.8. The monoisotopic (exact) mass is 423 g/mol. The van der Waals surface area contributed by atoms with Crippen LogP contribution in [0.25, 0.3) is 0 Å². The Morgan fingerprint density at radius 3 is 1.93 bits per heavy atom. The number of carbonyl (C=O) groups is 3. The van der Waals surface area contributed by atoms with Crippen LogP contribution in [0.3, 0.4) is 0 Å². The molecule has 0 aliphatic heterocycles. The van der Waals surface area contributed by atoms with Crippen LogP contribution in [-0.4, -0.2) is 45.4 Å². The lowest BCUT2D eigenvalue weighted by atomic mass is 10.1. The minimum atomic E-state index is -0.932. The minimum Gasteiger partial charge on any atom is -0.443 e. The molecule has 1 aromatic heterocycles. The van der Waals surface area contributed by atoms with Gasteiger partial charge in [0.25, 0.3) is 0 Å². The fourth-order valence-electron chi connectivity index (χ4n) is 2.74. The van der Waals surface area contributed by atoms with E-state index in [9.17, 15) is 14.4 Å². The van der Waals surface area contributed by atoms with Gasteiger partial charge in [-0.3, -0.25) is 4.79 Å². The van der Waals surface area contributed by atoms with E-state index in [-0.39, 0.29) is 11.7 Å². The van der Waals surface area contributed by atoms with E-state index in [0.717, 1.165) is 12.8 Å². The zero-order valence-electron chi connectivity index (χ0n) is 18.1. The van der Waals surface area contributed by atoms with E-state index in [0.29, 0.717) is 34.0 Å². The minimum absolute atomic E-state index is 0.0190. The molecule has 0 N–H and O–H groups in total. The van der Waals surface area contributed by atoms with Gasteiger partial charge in [0, 0.05) is 6.42 Å². The first-order chi connectivity index (χ1) is 13.3. The molecule has 0 bridgehead atoms. The Balaban J connectivity index is 2.57. The van der Waals surface area contributed by atoms with Crippen LogP contribution in [-0.2, 0) is 15.9 Å². The predicted molar refractivity (Wildman–Crippen MR) is 111 cm³/mol. The fraction of sp³-hybridized carbons (Fsp3) is 0.650. The number of rotatable bonds is 2. The number of nitrogens with zero attached hydrogens (tertiary/aromatic N) is 3. The third-order valence-electron chi connectivity index (χ3n) is 3.83. The normalized spacial score (nSPS) is 14.7. The van der Waals surface area contributed by atoms with E-state index < -0.39 is 23.4 Å². The number of hydrogen-bond acceptors (Lipinski definition) is 8. The Hall–Kier alpha value is -2.16. The van der Waals surface area contributed by atoms with E-state index in [1.54, 1.807) is 47.8 Å². The fourth-order valence-corrected chi connectivity index (χ4v) is 3.35. The van der Waals surface area contributed by atoms with Gasteiger partial charge in [0.2, 0.25) is 5.95 Å². The molecule has 1 aliphatic carbocycles. The molecule has 2 amide bonds. The van der Waals surface area contributed by atoms with Gasteiger partial charge in [-0.2, -0.15) is 0 Å². The van der Waals surface area contributed by atoms with Gasteiger partial charge in [0.15, 0.2) is 5.78 Å². The highest BCUT2D eigenvalue weighted by Crippen LogP contribution is 2.30. The number of hydrogen-bond donors (Lipinski definition) is 0. The number of Topliss-reactive ketones (excluding diaryl/α,β-unsaturated/α-hetero) is 1. The lowest BCUT2D eigenvalue weighted by Gasteiger charge is -2.28. The smallest absolute Gasteiger partial charge is 0.427 e.